The molecule has 0 aliphatic heterocycles. The number of fused-ring (bicyclic) bond motifs is 1. The van der Waals surface area contributed by atoms with Crippen LogP contribution in [0, 0.1) is 11.3 Å². The molecule has 1 heterocycles. The third-order valence-corrected chi connectivity index (χ3v) is 2.72. The summed E-state index contributed by atoms with van der Waals surface area (Å²) in [5.41, 5.74) is 2.32. The van der Waals surface area contributed by atoms with Gasteiger partial charge in [-0.2, -0.15) is 5.26 Å². The molecule has 0 saturated carbocycles. The van der Waals surface area contributed by atoms with Crippen LogP contribution in [0.1, 0.15) is 12.5 Å². The SMILES string of the molecule is C/C(=C/C(=O)O)Cn1ccc2c(C#N)cccc21. The number of rotatable bonds is 3. The van der Waals surface area contributed by atoms with Gasteiger partial charge in [0.15, 0.2) is 0 Å². The molecule has 4 heteroatoms. The highest BCUT2D eigenvalue weighted by Crippen LogP contribution is 2.20. The van der Waals surface area contributed by atoms with E-state index in [1.54, 1.807) is 13.0 Å². The molecule has 1 aromatic heterocycles. The van der Waals surface area contributed by atoms with E-state index in [1.807, 2.05) is 29.0 Å². The highest BCUT2D eigenvalue weighted by Gasteiger charge is 2.05. The van der Waals surface area contributed by atoms with Crippen molar-refractivity contribution in [1.29, 1.82) is 5.26 Å². The summed E-state index contributed by atoms with van der Waals surface area (Å²) in [5, 5.41) is 18.6. The summed E-state index contributed by atoms with van der Waals surface area (Å²) in [6.07, 6.45) is 3.06. The van der Waals surface area contributed by atoms with E-state index >= 15 is 0 Å². The van der Waals surface area contributed by atoms with Gasteiger partial charge in [-0.3, -0.25) is 0 Å². The lowest BCUT2D eigenvalue weighted by Gasteiger charge is -2.05. The van der Waals surface area contributed by atoms with E-state index in [1.165, 1.54) is 6.08 Å². The highest BCUT2D eigenvalue weighted by molar-refractivity contribution is 5.86. The Morgan fingerprint density at radius 1 is 1.50 bits per heavy atom. The molecule has 0 unspecified atom stereocenters. The lowest BCUT2D eigenvalue weighted by atomic mass is 10.1. The number of allylic oxidation sites excluding steroid dienone is 1. The first-order chi connectivity index (χ1) is 8.61. The van der Waals surface area contributed by atoms with Crippen molar-refractivity contribution < 1.29 is 9.90 Å². The average Bonchev–Trinajstić information content (AvgIpc) is 2.71. The van der Waals surface area contributed by atoms with E-state index < -0.39 is 5.97 Å². The van der Waals surface area contributed by atoms with Crippen LogP contribution in [0.2, 0.25) is 0 Å². The van der Waals surface area contributed by atoms with E-state index in [2.05, 4.69) is 6.07 Å². The summed E-state index contributed by atoms with van der Waals surface area (Å²) >= 11 is 0. The van der Waals surface area contributed by atoms with Crippen molar-refractivity contribution in [1.82, 2.24) is 4.57 Å². The summed E-state index contributed by atoms with van der Waals surface area (Å²) < 4.78 is 1.94. The molecule has 18 heavy (non-hydrogen) atoms. The van der Waals surface area contributed by atoms with Gasteiger partial charge in [-0.15, -0.1) is 0 Å². The van der Waals surface area contributed by atoms with E-state index in [4.69, 9.17) is 10.4 Å². The second kappa shape index (κ2) is 4.76. The fourth-order valence-electron chi connectivity index (χ4n) is 1.98. The molecule has 0 saturated heterocycles. The van der Waals surface area contributed by atoms with Crippen LogP contribution in [0.3, 0.4) is 0 Å². The fraction of sp³-hybridized carbons (Fsp3) is 0.143. The Morgan fingerprint density at radius 2 is 2.28 bits per heavy atom. The molecule has 4 nitrogen and oxygen atoms in total. The number of aliphatic carboxylic acids is 1. The smallest absolute Gasteiger partial charge is 0.328 e. The Morgan fingerprint density at radius 3 is 2.94 bits per heavy atom. The summed E-state index contributed by atoms with van der Waals surface area (Å²) in [7, 11) is 0. The fourth-order valence-corrected chi connectivity index (χ4v) is 1.98. The van der Waals surface area contributed by atoms with Crippen LogP contribution in [-0.4, -0.2) is 15.6 Å². The van der Waals surface area contributed by atoms with Gasteiger partial charge in [0.25, 0.3) is 0 Å². The molecule has 2 rings (SSSR count). The molecule has 2 aromatic rings. The molecule has 0 bridgehead atoms. The third-order valence-electron chi connectivity index (χ3n) is 2.72. The van der Waals surface area contributed by atoms with Gasteiger partial charge in [-0.1, -0.05) is 6.07 Å². The zero-order valence-electron chi connectivity index (χ0n) is 9.92. The Bertz CT molecular complexity index is 675. The number of carboxylic acid groups (broad SMARTS) is 1. The molecule has 0 atom stereocenters. The molecule has 0 aliphatic carbocycles. The largest absolute Gasteiger partial charge is 0.478 e. The zero-order valence-corrected chi connectivity index (χ0v) is 9.92. The molecule has 0 amide bonds. The van der Waals surface area contributed by atoms with Gasteiger partial charge in [-0.25, -0.2) is 4.79 Å². The topological polar surface area (TPSA) is 66.0 Å². The maximum absolute atomic E-state index is 10.6. The number of benzene rings is 1. The van der Waals surface area contributed by atoms with Gasteiger partial charge in [-0.05, 0) is 30.7 Å². The molecule has 1 N–H and O–H groups in total. The van der Waals surface area contributed by atoms with E-state index in [9.17, 15) is 4.79 Å². The Labute approximate surface area is 104 Å². The van der Waals surface area contributed by atoms with Gasteiger partial charge in [0.1, 0.15) is 0 Å². The van der Waals surface area contributed by atoms with Crippen molar-refractivity contribution in [2.45, 2.75) is 13.5 Å². The van der Waals surface area contributed by atoms with Crippen molar-refractivity contribution in [3.63, 3.8) is 0 Å². The molecule has 0 aliphatic rings. The summed E-state index contributed by atoms with van der Waals surface area (Å²) in [5.74, 6) is -0.943. The maximum atomic E-state index is 10.6. The van der Waals surface area contributed by atoms with Crippen LogP contribution < -0.4 is 0 Å². The van der Waals surface area contributed by atoms with Gasteiger partial charge in [0.2, 0.25) is 0 Å². The Kier molecular flexibility index (Phi) is 3.16. The molecule has 0 spiro atoms. The van der Waals surface area contributed by atoms with Crippen LogP contribution in [0.15, 0.2) is 42.1 Å². The number of aromatic nitrogens is 1. The standard InChI is InChI=1S/C14H12N2O2/c1-10(7-14(17)18)9-16-6-5-12-11(8-15)3-2-4-13(12)16/h2-7H,9H2,1H3,(H,17,18)/b10-7-. The molecule has 0 radical (unpaired) electrons. The maximum Gasteiger partial charge on any atom is 0.328 e. The Balaban J connectivity index is 2.42. The lowest BCUT2D eigenvalue weighted by molar-refractivity contribution is -0.131. The number of carbonyl (C=O) groups is 1. The van der Waals surface area contributed by atoms with Crippen LogP contribution in [0.5, 0.6) is 0 Å². The number of carboxylic acids is 1. The quantitative estimate of drug-likeness (QED) is 0.838. The molecule has 1 aromatic carbocycles. The summed E-state index contributed by atoms with van der Waals surface area (Å²) in [4.78, 5) is 10.6. The van der Waals surface area contributed by atoms with Crippen LogP contribution in [0.4, 0.5) is 0 Å². The van der Waals surface area contributed by atoms with Crippen LogP contribution in [0.25, 0.3) is 10.9 Å². The van der Waals surface area contributed by atoms with E-state index in [0.717, 1.165) is 16.5 Å². The highest BCUT2D eigenvalue weighted by atomic mass is 16.4. The second-order valence-electron chi connectivity index (χ2n) is 4.12. The minimum absolute atomic E-state index is 0.505. The number of hydrogen-bond acceptors (Lipinski definition) is 2. The number of nitriles is 1. The lowest BCUT2D eigenvalue weighted by Crippen LogP contribution is -2.00. The predicted octanol–water partition coefficient (Wildman–Crippen LogP) is 2.54. The molecule has 90 valence electrons. The predicted molar refractivity (Wildman–Crippen MR) is 68.0 cm³/mol. The van der Waals surface area contributed by atoms with Gasteiger partial charge < -0.3 is 9.67 Å². The van der Waals surface area contributed by atoms with E-state index in [-0.39, 0.29) is 0 Å². The second-order valence-corrected chi connectivity index (χ2v) is 4.12. The van der Waals surface area contributed by atoms with E-state index in [0.29, 0.717) is 12.1 Å². The molecule has 0 fully saturated rings. The van der Waals surface area contributed by atoms with Crippen LogP contribution in [-0.2, 0) is 11.3 Å². The first-order valence-electron chi connectivity index (χ1n) is 5.50. The van der Waals surface area contributed by atoms with Gasteiger partial charge >= 0.3 is 5.97 Å². The summed E-state index contributed by atoms with van der Waals surface area (Å²) in [6, 6.07) is 9.54. The normalized spacial score (nSPS) is 11.4. The molecular weight excluding hydrogens is 228 g/mol. The Hall–Kier alpha value is -2.54. The zero-order chi connectivity index (χ0) is 13.1. The minimum Gasteiger partial charge on any atom is -0.478 e. The number of nitrogens with zero attached hydrogens (tertiary/aromatic N) is 2. The first kappa shape index (κ1) is 11.9. The van der Waals surface area contributed by atoms with Crippen molar-refractivity contribution >= 4 is 16.9 Å². The van der Waals surface area contributed by atoms with Crippen molar-refractivity contribution in [3.05, 3.63) is 47.7 Å². The molecular formula is C14H12N2O2. The van der Waals surface area contributed by atoms with Crippen molar-refractivity contribution in [2.24, 2.45) is 0 Å². The van der Waals surface area contributed by atoms with Crippen molar-refractivity contribution in [3.8, 4) is 6.07 Å². The third kappa shape index (κ3) is 2.25. The van der Waals surface area contributed by atoms with Gasteiger partial charge in [0.05, 0.1) is 11.6 Å². The minimum atomic E-state index is -0.943. The van der Waals surface area contributed by atoms with Crippen LogP contribution >= 0.6 is 0 Å². The first-order valence-corrected chi connectivity index (χ1v) is 5.50. The summed E-state index contributed by atoms with van der Waals surface area (Å²) in [6.45, 7) is 2.28. The monoisotopic (exact) mass is 240 g/mol. The average molecular weight is 240 g/mol. The van der Waals surface area contributed by atoms with Gasteiger partial charge in [0, 0.05) is 29.7 Å². The number of hydrogen-bond donors (Lipinski definition) is 1. The van der Waals surface area contributed by atoms with Crippen molar-refractivity contribution in [2.75, 3.05) is 0 Å².